The van der Waals surface area contributed by atoms with Gasteiger partial charge in [0.2, 0.25) is 0 Å². The highest BCUT2D eigenvalue weighted by molar-refractivity contribution is 5.95. The first-order chi connectivity index (χ1) is 8.15. The van der Waals surface area contributed by atoms with Gasteiger partial charge < -0.3 is 16.8 Å². The third kappa shape index (κ3) is 2.39. The second-order valence-corrected chi connectivity index (χ2v) is 4.42. The molecule has 1 aliphatic heterocycles. The Bertz CT molecular complexity index is 429. The van der Waals surface area contributed by atoms with Crippen molar-refractivity contribution < 1.29 is 0 Å². The molecule has 5 heteroatoms. The number of aromatic nitrogens is 1. The molecule has 5 N–H and O–H groups in total. The summed E-state index contributed by atoms with van der Waals surface area (Å²) in [7, 11) is 0. The fourth-order valence-corrected chi connectivity index (χ4v) is 2.15. The number of unbranched alkanes of at least 4 members (excludes halogenated alkanes) is 2. The molecule has 1 aliphatic rings. The number of guanidine groups is 1. The Morgan fingerprint density at radius 3 is 3.00 bits per heavy atom. The number of nitrogens with one attached hydrogen (secondary N) is 1. The largest absolute Gasteiger partial charge is 0.370 e. The summed E-state index contributed by atoms with van der Waals surface area (Å²) in [6.45, 7) is 2.17. The Hall–Kier alpha value is -1.62. The Balaban J connectivity index is 2.27. The molecule has 0 aromatic carbocycles. The normalized spacial score (nSPS) is 22.6. The number of hydrogen-bond donors (Lipinski definition) is 3. The molecule has 1 aromatic rings. The lowest BCUT2D eigenvalue weighted by Gasteiger charge is -2.32. The van der Waals surface area contributed by atoms with E-state index in [4.69, 9.17) is 11.5 Å². The fraction of sp³-hybridized carbons (Fsp3) is 0.500. The van der Waals surface area contributed by atoms with Gasteiger partial charge in [0.1, 0.15) is 5.66 Å². The second-order valence-electron chi connectivity index (χ2n) is 4.42. The molecular formula is C12H19N5. The Morgan fingerprint density at radius 2 is 2.24 bits per heavy atom. The van der Waals surface area contributed by atoms with Crippen LogP contribution in [-0.2, 0) is 5.66 Å². The average molecular weight is 233 g/mol. The van der Waals surface area contributed by atoms with E-state index < -0.39 is 5.66 Å². The van der Waals surface area contributed by atoms with E-state index in [9.17, 15) is 0 Å². The number of anilines is 1. The van der Waals surface area contributed by atoms with Crippen LogP contribution in [0.25, 0.3) is 0 Å². The van der Waals surface area contributed by atoms with Crippen LogP contribution in [0.2, 0.25) is 0 Å². The standard InChI is InChI=1S/C12H19N5/c1-2-3-4-6-12(14)9-5-7-15-8-10(9)16-11(13)17-12/h5,7-8H,2-4,6,14H2,1H3,(H3,13,16,17). The van der Waals surface area contributed by atoms with Gasteiger partial charge in [-0.05, 0) is 18.9 Å². The summed E-state index contributed by atoms with van der Waals surface area (Å²) < 4.78 is 0. The van der Waals surface area contributed by atoms with Gasteiger partial charge >= 0.3 is 0 Å². The summed E-state index contributed by atoms with van der Waals surface area (Å²) in [4.78, 5) is 8.43. The number of hydrogen-bond acceptors (Lipinski definition) is 5. The van der Waals surface area contributed by atoms with Gasteiger partial charge in [-0.25, -0.2) is 4.99 Å². The molecule has 0 aliphatic carbocycles. The van der Waals surface area contributed by atoms with Crippen LogP contribution >= 0.6 is 0 Å². The minimum Gasteiger partial charge on any atom is -0.370 e. The minimum atomic E-state index is -0.706. The first-order valence-corrected chi connectivity index (χ1v) is 6.01. The summed E-state index contributed by atoms with van der Waals surface area (Å²) in [5, 5.41) is 2.99. The number of nitrogens with two attached hydrogens (primary N) is 2. The van der Waals surface area contributed by atoms with E-state index in [0.29, 0.717) is 5.96 Å². The zero-order valence-corrected chi connectivity index (χ0v) is 10.1. The van der Waals surface area contributed by atoms with Crippen LogP contribution in [0.3, 0.4) is 0 Å². The molecule has 0 saturated carbocycles. The van der Waals surface area contributed by atoms with Gasteiger partial charge in [0.05, 0.1) is 11.9 Å². The van der Waals surface area contributed by atoms with Gasteiger partial charge in [-0.2, -0.15) is 0 Å². The number of fused-ring (bicyclic) bond motifs is 1. The summed E-state index contributed by atoms with van der Waals surface area (Å²) in [5.41, 5.74) is 13.3. The van der Waals surface area contributed by atoms with Crippen LogP contribution in [0.4, 0.5) is 5.69 Å². The average Bonchev–Trinajstić information content (AvgIpc) is 2.29. The van der Waals surface area contributed by atoms with Crippen molar-refractivity contribution in [3.8, 4) is 0 Å². The zero-order valence-electron chi connectivity index (χ0n) is 10.1. The van der Waals surface area contributed by atoms with Crippen molar-refractivity contribution in [2.45, 2.75) is 38.3 Å². The molecule has 0 amide bonds. The predicted octanol–water partition coefficient (Wildman–Crippen LogP) is 1.51. The molecule has 5 nitrogen and oxygen atoms in total. The molecule has 2 heterocycles. The maximum atomic E-state index is 6.37. The molecule has 1 aromatic heterocycles. The van der Waals surface area contributed by atoms with Crippen molar-refractivity contribution in [3.05, 3.63) is 24.0 Å². The van der Waals surface area contributed by atoms with Crippen LogP contribution < -0.4 is 16.8 Å². The highest BCUT2D eigenvalue weighted by Crippen LogP contribution is 2.33. The summed E-state index contributed by atoms with van der Waals surface area (Å²) in [6, 6.07) is 1.91. The fourth-order valence-electron chi connectivity index (χ4n) is 2.15. The molecule has 0 saturated heterocycles. The van der Waals surface area contributed by atoms with E-state index in [2.05, 4.69) is 22.2 Å². The first kappa shape index (κ1) is 11.9. The van der Waals surface area contributed by atoms with Gasteiger partial charge in [0, 0.05) is 11.8 Å². The smallest absolute Gasteiger partial charge is 0.195 e. The van der Waals surface area contributed by atoms with Gasteiger partial charge in [-0.3, -0.25) is 4.98 Å². The maximum absolute atomic E-state index is 6.37. The van der Waals surface area contributed by atoms with Gasteiger partial charge in [0.15, 0.2) is 5.96 Å². The zero-order chi connectivity index (χ0) is 12.3. The topological polar surface area (TPSA) is 89.3 Å². The lowest BCUT2D eigenvalue weighted by atomic mass is 9.93. The Labute approximate surface area is 101 Å². The van der Waals surface area contributed by atoms with Crippen molar-refractivity contribution in [2.75, 3.05) is 5.32 Å². The number of pyridine rings is 1. The van der Waals surface area contributed by atoms with Crippen LogP contribution in [-0.4, -0.2) is 10.9 Å². The van der Waals surface area contributed by atoms with Crippen molar-refractivity contribution in [1.29, 1.82) is 0 Å². The monoisotopic (exact) mass is 233 g/mol. The summed E-state index contributed by atoms with van der Waals surface area (Å²) in [6.07, 6.45) is 7.64. The quantitative estimate of drug-likeness (QED) is 0.688. The molecule has 17 heavy (non-hydrogen) atoms. The molecule has 0 bridgehead atoms. The Kier molecular flexibility index (Phi) is 3.28. The minimum absolute atomic E-state index is 0.365. The van der Waals surface area contributed by atoms with E-state index in [1.54, 1.807) is 12.4 Å². The highest BCUT2D eigenvalue weighted by Gasteiger charge is 2.32. The molecule has 0 fully saturated rings. The molecule has 0 spiro atoms. The van der Waals surface area contributed by atoms with Crippen LogP contribution in [0.15, 0.2) is 23.5 Å². The van der Waals surface area contributed by atoms with Crippen molar-refractivity contribution in [1.82, 2.24) is 4.98 Å². The van der Waals surface area contributed by atoms with E-state index in [1.165, 1.54) is 0 Å². The number of aliphatic imine (C=N–C) groups is 1. The van der Waals surface area contributed by atoms with Crippen molar-refractivity contribution in [2.24, 2.45) is 16.5 Å². The van der Waals surface area contributed by atoms with Gasteiger partial charge in [-0.15, -0.1) is 0 Å². The predicted molar refractivity (Wildman–Crippen MR) is 69.5 cm³/mol. The number of rotatable bonds is 4. The summed E-state index contributed by atoms with van der Waals surface area (Å²) in [5.74, 6) is 0.365. The van der Waals surface area contributed by atoms with Crippen molar-refractivity contribution in [3.63, 3.8) is 0 Å². The van der Waals surface area contributed by atoms with Crippen molar-refractivity contribution >= 4 is 11.6 Å². The van der Waals surface area contributed by atoms with E-state index in [-0.39, 0.29) is 0 Å². The third-order valence-corrected chi connectivity index (χ3v) is 3.03. The van der Waals surface area contributed by atoms with Gasteiger partial charge in [-0.1, -0.05) is 19.8 Å². The van der Waals surface area contributed by atoms with E-state index >= 15 is 0 Å². The SMILES string of the molecule is CCCCCC1(N)N=C(N)Nc2cnccc21. The summed E-state index contributed by atoms with van der Waals surface area (Å²) >= 11 is 0. The Morgan fingerprint density at radius 1 is 1.41 bits per heavy atom. The third-order valence-electron chi connectivity index (χ3n) is 3.03. The van der Waals surface area contributed by atoms with E-state index in [1.807, 2.05) is 6.07 Å². The molecule has 1 unspecified atom stereocenters. The lowest BCUT2D eigenvalue weighted by molar-refractivity contribution is 0.405. The molecule has 92 valence electrons. The molecule has 2 rings (SSSR count). The molecule has 0 radical (unpaired) electrons. The molecule has 1 atom stereocenters. The highest BCUT2D eigenvalue weighted by atomic mass is 15.2. The van der Waals surface area contributed by atoms with Crippen LogP contribution in [0.5, 0.6) is 0 Å². The number of nitrogens with zero attached hydrogens (tertiary/aromatic N) is 2. The second kappa shape index (κ2) is 4.71. The first-order valence-electron chi connectivity index (χ1n) is 6.01. The van der Waals surface area contributed by atoms with E-state index in [0.717, 1.165) is 36.9 Å². The van der Waals surface area contributed by atoms with Crippen LogP contribution in [0.1, 0.15) is 38.2 Å². The maximum Gasteiger partial charge on any atom is 0.195 e. The lowest BCUT2D eigenvalue weighted by Crippen LogP contribution is -2.43. The molecular weight excluding hydrogens is 214 g/mol. The van der Waals surface area contributed by atoms with Crippen LogP contribution in [0, 0.1) is 0 Å². The van der Waals surface area contributed by atoms with Gasteiger partial charge in [0.25, 0.3) is 0 Å².